The van der Waals surface area contributed by atoms with Gasteiger partial charge < -0.3 is 15.4 Å². The van der Waals surface area contributed by atoms with Crippen molar-refractivity contribution in [3.8, 4) is 0 Å². The van der Waals surface area contributed by atoms with Crippen LogP contribution < -0.4 is 10.6 Å². The molecule has 2 aromatic rings. The largest absolute Gasteiger partial charge is 0.452 e. The second kappa shape index (κ2) is 8.14. The lowest BCUT2D eigenvalue weighted by atomic mass is 10.2. The maximum Gasteiger partial charge on any atom is 0.338 e. The molecule has 0 spiro atoms. The topological polar surface area (TPSA) is 84.5 Å². The van der Waals surface area contributed by atoms with Crippen LogP contribution in [0.2, 0.25) is 0 Å². The monoisotopic (exact) mass is 372 g/mol. The molecule has 1 saturated carbocycles. The minimum Gasteiger partial charge on any atom is -0.452 e. The lowest BCUT2D eigenvalue weighted by Crippen LogP contribution is -2.37. The van der Waals surface area contributed by atoms with E-state index >= 15 is 0 Å². The van der Waals surface area contributed by atoms with Crippen molar-refractivity contribution in [2.45, 2.75) is 25.8 Å². The molecule has 1 atom stereocenters. The molecule has 0 saturated heterocycles. The maximum absolute atomic E-state index is 12.1. The van der Waals surface area contributed by atoms with Crippen LogP contribution in [-0.2, 0) is 9.53 Å². The Labute approximate surface area is 155 Å². The predicted octanol–water partition coefficient (Wildman–Crippen LogP) is 3.07. The van der Waals surface area contributed by atoms with Gasteiger partial charge in [-0.05, 0) is 55.3 Å². The van der Waals surface area contributed by atoms with Crippen LogP contribution in [0.5, 0.6) is 0 Å². The van der Waals surface area contributed by atoms with Gasteiger partial charge >= 0.3 is 5.97 Å². The molecule has 1 aliphatic carbocycles. The van der Waals surface area contributed by atoms with Crippen LogP contribution in [-0.4, -0.2) is 30.4 Å². The van der Waals surface area contributed by atoms with Crippen LogP contribution >= 0.6 is 11.3 Å². The summed E-state index contributed by atoms with van der Waals surface area (Å²) in [7, 11) is 0. The van der Waals surface area contributed by atoms with Gasteiger partial charge in [0.15, 0.2) is 6.61 Å². The quantitative estimate of drug-likeness (QED) is 0.732. The Morgan fingerprint density at radius 2 is 2.04 bits per heavy atom. The van der Waals surface area contributed by atoms with E-state index in [1.54, 1.807) is 30.3 Å². The number of rotatable bonds is 7. The van der Waals surface area contributed by atoms with E-state index in [-0.39, 0.29) is 30.0 Å². The summed E-state index contributed by atoms with van der Waals surface area (Å²) < 4.78 is 5.06. The van der Waals surface area contributed by atoms with Crippen molar-refractivity contribution in [2.75, 3.05) is 11.9 Å². The Kier molecular flexibility index (Phi) is 5.68. The highest BCUT2D eigenvalue weighted by atomic mass is 32.1. The number of anilines is 1. The minimum absolute atomic E-state index is 0.108. The Morgan fingerprint density at radius 3 is 2.73 bits per heavy atom. The highest BCUT2D eigenvalue weighted by Crippen LogP contribution is 2.32. The van der Waals surface area contributed by atoms with Crippen LogP contribution in [0.25, 0.3) is 0 Å². The van der Waals surface area contributed by atoms with E-state index in [1.807, 2.05) is 12.3 Å². The number of hydrogen-bond acceptors (Lipinski definition) is 5. The second-order valence-corrected chi connectivity index (χ2v) is 7.23. The zero-order valence-electron chi connectivity index (χ0n) is 14.4. The molecular weight excluding hydrogens is 352 g/mol. The molecule has 0 radical (unpaired) electrons. The van der Waals surface area contributed by atoms with Crippen molar-refractivity contribution in [1.29, 1.82) is 0 Å². The predicted molar refractivity (Wildman–Crippen MR) is 99.3 cm³/mol. The van der Waals surface area contributed by atoms with E-state index in [4.69, 9.17) is 4.74 Å². The van der Waals surface area contributed by atoms with Gasteiger partial charge in [-0.25, -0.2) is 4.79 Å². The molecule has 2 N–H and O–H groups in total. The maximum atomic E-state index is 12.1. The lowest BCUT2D eigenvalue weighted by Gasteiger charge is -2.13. The first-order chi connectivity index (χ1) is 12.5. The summed E-state index contributed by atoms with van der Waals surface area (Å²) in [6, 6.07) is 10.1. The number of benzene rings is 1. The molecule has 0 bridgehead atoms. The summed E-state index contributed by atoms with van der Waals surface area (Å²) in [6.45, 7) is 1.64. The number of carbonyl (C=O) groups excluding carboxylic acids is 3. The Hall–Kier alpha value is -2.67. The van der Waals surface area contributed by atoms with E-state index in [9.17, 15) is 14.4 Å². The Balaban J connectivity index is 1.52. The molecule has 7 heteroatoms. The fourth-order valence-corrected chi connectivity index (χ4v) is 3.17. The van der Waals surface area contributed by atoms with Gasteiger partial charge in [0.2, 0.25) is 0 Å². The number of nitrogens with one attached hydrogen (secondary N) is 2. The van der Waals surface area contributed by atoms with Crippen molar-refractivity contribution in [1.82, 2.24) is 5.32 Å². The zero-order chi connectivity index (χ0) is 18.5. The molecule has 2 amide bonds. The summed E-state index contributed by atoms with van der Waals surface area (Å²) in [5.41, 5.74) is 0.765. The van der Waals surface area contributed by atoms with E-state index in [0.717, 1.165) is 12.8 Å². The summed E-state index contributed by atoms with van der Waals surface area (Å²) >= 11 is 1.34. The summed E-state index contributed by atoms with van der Waals surface area (Å²) in [4.78, 5) is 36.6. The van der Waals surface area contributed by atoms with Crippen LogP contribution in [0.15, 0.2) is 41.8 Å². The fourth-order valence-electron chi connectivity index (χ4n) is 2.55. The van der Waals surface area contributed by atoms with Gasteiger partial charge in [0.1, 0.15) is 0 Å². The third kappa shape index (κ3) is 4.92. The van der Waals surface area contributed by atoms with Crippen molar-refractivity contribution < 1.29 is 19.1 Å². The molecule has 1 aliphatic rings. The summed E-state index contributed by atoms with van der Waals surface area (Å²) in [5, 5.41) is 7.38. The standard InChI is InChI=1S/C19H20N2O4S/c1-12(13-7-8-13)20-17(22)11-25-19(24)14-4-2-5-15(10-14)21-18(23)16-6-3-9-26-16/h2-6,9-10,12-13H,7-8,11H2,1H3,(H,20,22)(H,21,23)/t12-/m1/s1. The number of ether oxygens (including phenoxy) is 1. The number of esters is 1. The number of thiophene rings is 1. The first-order valence-corrected chi connectivity index (χ1v) is 9.32. The average molecular weight is 372 g/mol. The third-order valence-electron chi connectivity index (χ3n) is 4.15. The van der Waals surface area contributed by atoms with Gasteiger partial charge in [0.25, 0.3) is 11.8 Å². The minimum atomic E-state index is -0.605. The molecule has 0 unspecified atom stereocenters. The molecular formula is C19H20N2O4S. The van der Waals surface area contributed by atoms with Gasteiger partial charge in [-0.3, -0.25) is 9.59 Å². The van der Waals surface area contributed by atoms with Gasteiger partial charge in [0.05, 0.1) is 10.4 Å². The van der Waals surface area contributed by atoms with Crippen LogP contribution in [0.1, 0.15) is 39.8 Å². The molecule has 6 nitrogen and oxygen atoms in total. The van der Waals surface area contributed by atoms with E-state index < -0.39 is 5.97 Å². The van der Waals surface area contributed by atoms with Crippen molar-refractivity contribution in [2.24, 2.45) is 5.92 Å². The average Bonchev–Trinajstić information content (AvgIpc) is 3.34. The summed E-state index contributed by atoms with van der Waals surface area (Å²) in [5.74, 6) is -0.608. The molecule has 1 fully saturated rings. The first kappa shape index (κ1) is 18.1. The van der Waals surface area contributed by atoms with E-state index in [0.29, 0.717) is 16.5 Å². The summed E-state index contributed by atoms with van der Waals surface area (Å²) in [6.07, 6.45) is 2.26. The number of hydrogen-bond donors (Lipinski definition) is 2. The zero-order valence-corrected chi connectivity index (χ0v) is 15.2. The van der Waals surface area contributed by atoms with Crippen molar-refractivity contribution in [3.63, 3.8) is 0 Å². The van der Waals surface area contributed by atoms with Gasteiger partial charge in [-0.15, -0.1) is 11.3 Å². The van der Waals surface area contributed by atoms with Crippen LogP contribution in [0.3, 0.4) is 0 Å². The Bertz CT molecular complexity index is 800. The number of amides is 2. The highest BCUT2D eigenvalue weighted by molar-refractivity contribution is 7.12. The van der Waals surface area contributed by atoms with Crippen molar-refractivity contribution in [3.05, 3.63) is 52.2 Å². The van der Waals surface area contributed by atoms with Crippen LogP contribution in [0, 0.1) is 5.92 Å². The van der Waals surface area contributed by atoms with Gasteiger partial charge in [-0.1, -0.05) is 12.1 Å². The van der Waals surface area contributed by atoms with Crippen molar-refractivity contribution >= 4 is 34.8 Å². The molecule has 1 aromatic heterocycles. The molecule has 136 valence electrons. The van der Waals surface area contributed by atoms with Crippen LogP contribution in [0.4, 0.5) is 5.69 Å². The second-order valence-electron chi connectivity index (χ2n) is 6.28. The third-order valence-corrected chi connectivity index (χ3v) is 5.02. The molecule has 0 aliphatic heterocycles. The Morgan fingerprint density at radius 1 is 1.23 bits per heavy atom. The normalized spacial score (nSPS) is 14.3. The van der Waals surface area contributed by atoms with Gasteiger partial charge in [-0.2, -0.15) is 0 Å². The lowest BCUT2D eigenvalue weighted by molar-refractivity contribution is -0.124. The molecule has 26 heavy (non-hydrogen) atoms. The fraction of sp³-hybridized carbons (Fsp3) is 0.316. The first-order valence-electron chi connectivity index (χ1n) is 8.44. The van der Waals surface area contributed by atoms with Gasteiger partial charge in [0, 0.05) is 11.7 Å². The molecule has 3 rings (SSSR count). The smallest absolute Gasteiger partial charge is 0.338 e. The van der Waals surface area contributed by atoms with E-state index in [1.165, 1.54) is 17.4 Å². The highest BCUT2D eigenvalue weighted by Gasteiger charge is 2.29. The SMILES string of the molecule is C[C@@H](NC(=O)COC(=O)c1cccc(NC(=O)c2cccs2)c1)C1CC1. The molecule has 1 heterocycles. The molecule has 1 aromatic carbocycles. The van der Waals surface area contributed by atoms with E-state index in [2.05, 4.69) is 10.6 Å². The number of carbonyl (C=O) groups is 3.